The van der Waals surface area contributed by atoms with Crippen molar-refractivity contribution in [2.75, 3.05) is 7.05 Å². The van der Waals surface area contributed by atoms with E-state index in [4.69, 9.17) is 0 Å². The number of carbonyl (C=O) groups is 1. The SMILES string of the molecule is CN(Cc1cn(C)nn1)C(=O)c1cc(F)cc(Br)c1F. The van der Waals surface area contributed by atoms with E-state index in [1.807, 2.05) is 0 Å². The standard InChI is InChI=1S/C12H11BrF2N4O/c1-18(5-8-6-19(2)17-16-8)12(20)9-3-7(14)4-10(13)11(9)15/h3-4,6H,5H2,1-2H3. The number of amides is 1. The lowest BCUT2D eigenvalue weighted by Crippen LogP contribution is -2.27. The fraction of sp³-hybridized carbons (Fsp3) is 0.250. The Morgan fingerprint density at radius 3 is 2.75 bits per heavy atom. The first-order valence-corrected chi connectivity index (χ1v) is 6.43. The van der Waals surface area contributed by atoms with Gasteiger partial charge in [-0.1, -0.05) is 5.21 Å². The fourth-order valence-electron chi connectivity index (χ4n) is 1.70. The maximum atomic E-state index is 13.8. The van der Waals surface area contributed by atoms with Crippen LogP contribution in [-0.4, -0.2) is 32.8 Å². The quantitative estimate of drug-likeness (QED) is 0.801. The average Bonchev–Trinajstić information content (AvgIpc) is 2.78. The van der Waals surface area contributed by atoms with Crippen LogP contribution in [0.5, 0.6) is 0 Å². The van der Waals surface area contributed by atoms with Gasteiger partial charge in [-0.25, -0.2) is 8.78 Å². The van der Waals surface area contributed by atoms with Crippen LogP contribution in [0.15, 0.2) is 22.8 Å². The Hall–Kier alpha value is -1.83. The summed E-state index contributed by atoms with van der Waals surface area (Å²) in [6.07, 6.45) is 1.64. The molecule has 1 aromatic heterocycles. The van der Waals surface area contributed by atoms with Crippen LogP contribution in [0.4, 0.5) is 8.78 Å². The molecule has 20 heavy (non-hydrogen) atoms. The van der Waals surface area contributed by atoms with Crippen LogP contribution in [0.25, 0.3) is 0 Å². The number of halogens is 3. The van der Waals surface area contributed by atoms with E-state index < -0.39 is 17.5 Å². The van der Waals surface area contributed by atoms with Crippen molar-refractivity contribution in [3.05, 3.63) is 45.7 Å². The van der Waals surface area contributed by atoms with Crippen LogP contribution in [0.2, 0.25) is 0 Å². The van der Waals surface area contributed by atoms with E-state index in [0.717, 1.165) is 12.1 Å². The van der Waals surface area contributed by atoms with Crippen molar-refractivity contribution >= 4 is 21.8 Å². The molecule has 5 nitrogen and oxygen atoms in total. The summed E-state index contributed by atoms with van der Waals surface area (Å²) in [4.78, 5) is 13.4. The van der Waals surface area contributed by atoms with Crippen molar-refractivity contribution in [2.24, 2.45) is 7.05 Å². The van der Waals surface area contributed by atoms with Gasteiger partial charge >= 0.3 is 0 Å². The molecule has 1 amide bonds. The first kappa shape index (κ1) is 14.6. The molecule has 0 aliphatic rings. The van der Waals surface area contributed by atoms with E-state index in [9.17, 15) is 13.6 Å². The predicted octanol–water partition coefficient (Wildman–Crippen LogP) is 2.13. The third-order valence-electron chi connectivity index (χ3n) is 2.62. The van der Waals surface area contributed by atoms with Crippen LogP contribution in [0.3, 0.4) is 0 Å². The minimum atomic E-state index is -0.789. The van der Waals surface area contributed by atoms with E-state index in [-0.39, 0.29) is 16.6 Å². The summed E-state index contributed by atoms with van der Waals surface area (Å²) in [6, 6.07) is 1.84. The number of carbonyl (C=O) groups excluding carboxylic acids is 1. The number of hydrogen-bond acceptors (Lipinski definition) is 3. The molecule has 0 saturated carbocycles. The van der Waals surface area contributed by atoms with Crippen molar-refractivity contribution in [1.29, 1.82) is 0 Å². The molecule has 2 aromatic rings. The molecule has 0 bridgehead atoms. The summed E-state index contributed by atoms with van der Waals surface area (Å²) in [7, 11) is 3.18. The lowest BCUT2D eigenvalue weighted by Gasteiger charge is -2.16. The fourth-order valence-corrected chi connectivity index (χ4v) is 2.13. The van der Waals surface area contributed by atoms with Gasteiger partial charge in [-0.3, -0.25) is 9.48 Å². The van der Waals surface area contributed by atoms with Crippen molar-refractivity contribution < 1.29 is 13.6 Å². The molecule has 0 aliphatic carbocycles. The first-order valence-electron chi connectivity index (χ1n) is 5.63. The van der Waals surface area contributed by atoms with Gasteiger partial charge in [0, 0.05) is 20.3 Å². The number of aromatic nitrogens is 3. The van der Waals surface area contributed by atoms with E-state index in [1.165, 1.54) is 16.6 Å². The second-order valence-electron chi connectivity index (χ2n) is 4.29. The smallest absolute Gasteiger partial charge is 0.257 e. The number of nitrogens with zero attached hydrogens (tertiary/aromatic N) is 4. The second kappa shape index (κ2) is 5.66. The van der Waals surface area contributed by atoms with Gasteiger partial charge in [0.1, 0.15) is 17.3 Å². The number of aryl methyl sites for hydroxylation is 1. The maximum Gasteiger partial charge on any atom is 0.257 e. The van der Waals surface area contributed by atoms with Gasteiger partial charge in [-0.15, -0.1) is 5.10 Å². The molecule has 8 heteroatoms. The molecule has 106 valence electrons. The summed E-state index contributed by atoms with van der Waals surface area (Å²) in [5, 5.41) is 7.57. The van der Waals surface area contributed by atoms with Crippen LogP contribution in [0, 0.1) is 11.6 Å². The zero-order valence-electron chi connectivity index (χ0n) is 10.8. The molecule has 0 N–H and O–H groups in total. The third-order valence-corrected chi connectivity index (χ3v) is 3.20. The van der Waals surface area contributed by atoms with E-state index in [1.54, 1.807) is 13.2 Å². The van der Waals surface area contributed by atoms with E-state index in [0.29, 0.717) is 5.69 Å². The summed E-state index contributed by atoms with van der Waals surface area (Å²) in [6.45, 7) is 0.153. The molecular weight excluding hydrogens is 334 g/mol. The normalized spacial score (nSPS) is 10.7. The van der Waals surface area contributed by atoms with Crippen molar-refractivity contribution in [1.82, 2.24) is 19.9 Å². The summed E-state index contributed by atoms with van der Waals surface area (Å²) in [5.41, 5.74) is 0.225. The predicted molar refractivity (Wildman–Crippen MR) is 70.9 cm³/mol. The molecular formula is C12H11BrF2N4O. The first-order chi connectivity index (χ1) is 9.38. The molecule has 0 atom stereocenters. The minimum Gasteiger partial charge on any atom is -0.336 e. The highest BCUT2D eigenvalue weighted by molar-refractivity contribution is 9.10. The Bertz CT molecular complexity index is 659. The topological polar surface area (TPSA) is 51.0 Å². The van der Waals surface area contributed by atoms with Gasteiger partial charge in [-0.2, -0.15) is 0 Å². The molecule has 1 heterocycles. The molecule has 0 aliphatic heterocycles. The highest BCUT2D eigenvalue weighted by Gasteiger charge is 2.20. The highest BCUT2D eigenvalue weighted by Crippen LogP contribution is 2.22. The van der Waals surface area contributed by atoms with Crippen LogP contribution in [0.1, 0.15) is 16.1 Å². The molecule has 0 spiro atoms. The molecule has 0 unspecified atom stereocenters. The lowest BCUT2D eigenvalue weighted by molar-refractivity contribution is 0.0778. The summed E-state index contributed by atoms with van der Waals surface area (Å²) in [5.74, 6) is -2.11. The van der Waals surface area contributed by atoms with E-state index >= 15 is 0 Å². The Morgan fingerprint density at radius 1 is 1.45 bits per heavy atom. The van der Waals surface area contributed by atoms with Gasteiger partial charge in [0.2, 0.25) is 0 Å². The number of hydrogen-bond donors (Lipinski definition) is 0. The Morgan fingerprint density at radius 2 is 2.15 bits per heavy atom. The summed E-state index contributed by atoms with van der Waals surface area (Å²) >= 11 is 2.87. The Kier molecular flexibility index (Phi) is 4.12. The largest absolute Gasteiger partial charge is 0.336 e. The van der Waals surface area contributed by atoms with Gasteiger partial charge in [-0.05, 0) is 28.1 Å². The zero-order valence-corrected chi connectivity index (χ0v) is 12.4. The van der Waals surface area contributed by atoms with Crippen LogP contribution >= 0.6 is 15.9 Å². The van der Waals surface area contributed by atoms with Crippen LogP contribution in [-0.2, 0) is 13.6 Å². The highest BCUT2D eigenvalue weighted by atomic mass is 79.9. The molecule has 0 saturated heterocycles. The Labute approximate surface area is 122 Å². The van der Waals surface area contributed by atoms with Crippen molar-refractivity contribution in [3.63, 3.8) is 0 Å². The minimum absolute atomic E-state index is 0.0891. The van der Waals surface area contributed by atoms with Gasteiger partial charge in [0.05, 0.1) is 16.6 Å². The van der Waals surface area contributed by atoms with E-state index in [2.05, 4.69) is 26.2 Å². The molecule has 1 aromatic carbocycles. The summed E-state index contributed by atoms with van der Waals surface area (Å²) < 4.78 is 28.5. The molecule has 0 radical (unpaired) electrons. The number of benzene rings is 1. The van der Waals surface area contributed by atoms with Gasteiger partial charge < -0.3 is 4.90 Å². The maximum absolute atomic E-state index is 13.8. The molecule has 0 fully saturated rings. The lowest BCUT2D eigenvalue weighted by atomic mass is 10.2. The monoisotopic (exact) mass is 344 g/mol. The molecule has 2 rings (SSSR count). The van der Waals surface area contributed by atoms with Crippen molar-refractivity contribution in [2.45, 2.75) is 6.54 Å². The van der Waals surface area contributed by atoms with Gasteiger partial charge in [0.15, 0.2) is 0 Å². The third kappa shape index (κ3) is 3.01. The number of rotatable bonds is 3. The van der Waals surface area contributed by atoms with Gasteiger partial charge in [0.25, 0.3) is 5.91 Å². The zero-order chi connectivity index (χ0) is 14.9. The van der Waals surface area contributed by atoms with Crippen LogP contribution < -0.4 is 0 Å². The Balaban J connectivity index is 2.22. The second-order valence-corrected chi connectivity index (χ2v) is 5.15. The average molecular weight is 345 g/mol. The van der Waals surface area contributed by atoms with Crippen molar-refractivity contribution in [3.8, 4) is 0 Å².